The van der Waals surface area contributed by atoms with Crippen molar-refractivity contribution >= 4 is 111 Å². The Labute approximate surface area is 438 Å². The van der Waals surface area contributed by atoms with E-state index in [2.05, 4.69) is 41.2 Å². The third kappa shape index (κ3) is 8.92. The normalized spacial score (nSPS) is 12.0. The summed E-state index contributed by atoms with van der Waals surface area (Å²) in [5.74, 6) is 0.0307. The molecule has 0 aliphatic rings. The van der Waals surface area contributed by atoms with Crippen LogP contribution >= 0.6 is 0 Å². The zero-order valence-corrected chi connectivity index (χ0v) is 42.6. The fraction of sp³-hybridized carbons (Fsp3) is 0.179. The number of anilines is 8. The van der Waals surface area contributed by atoms with E-state index >= 15 is 26.3 Å². The van der Waals surface area contributed by atoms with E-state index in [0.717, 1.165) is 0 Å². The summed E-state index contributed by atoms with van der Waals surface area (Å²) in [6, 6.07) is 26.1. The molecule has 0 atom stereocenters. The van der Waals surface area contributed by atoms with Gasteiger partial charge in [-0.15, -0.1) is 0 Å². The van der Waals surface area contributed by atoms with Crippen LogP contribution in [0.3, 0.4) is 0 Å². The topological polar surface area (TPSA) is 174 Å². The van der Waals surface area contributed by atoms with Crippen molar-refractivity contribution in [2.24, 2.45) is 0 Å². The average molecular weight is 1070 g/mol. The zero-order valence-electron chi connectivity index (χ0n) is 42.6. The number of nitrogens with one attached hydrogen (secondary N) is 4. The molecule has 22 heteroatoms. The summed E-state index contributed by atoms with van der Waals surface area (Å²) in [4.78, 5) is 17.1. The highest BCUT2D eigenvalue weighted by molar-refractivity contribution is 6.42. The highest BCUT2D eigenvalue weighted by Crippen LogP contribution is 2.53. The molecule has 2 heterocycles. The Kier molecular flexibility index (Phi) is 12.4. The molecule has 4 N–H and O–H groups in total. The van der Waals surface area contributed by atoms with Crippen molar-refractivity contribution in [3.63, 3.8) is 0 Å². The van der Waals surface area contributed by atoms with E-state index in [0.29, 0.717) is 101 Å². The first-order chi connectivity index (χ1) is 37.4. The minimum atomic E-state index is -5.05. The molecule has 0 radical (unpaired) electrons. The highest BCUT2D eigenvalue weighted by atomic mass is 19.4. The molecule has 398 valence electrons. The van der Waals surface area contributed by atoms with Crippen LogP contribution in [0.1, 0.15) is 11.6 Å². The smallest absolute Gasteiger partial charge is 0.451 e. The molecule has 0 saturated heterocycles. The molecule has 11 aromatic rings. The van der Waals surface area contributed by atoms with E-state index in [-0.39, 0.29) is 55.6 Å². The molecule has 11 rings (SSSR count). The minimum Gasteiger partial charge on any atom is -0.497 e. The molecular formula is C56H44F6N8O8. The second kappa shape index (κ2) is 19.2. The van der Waals surface area contributed by atoms with Gasteiger partial charge in [0.05, 0.1) is 102 Å². The van der Waals surface area contributed by atoms with Crippen molar-refractivity contribution in [2.75, 3.05) is 78.1 Å². The molecular weight excluding hydrogens is 1030 g/mol. The zero-order chi connectivity index (χ0) is 54.9. The molecule has 0 saturated carbocycles. The van der Waals surface area contributed by atoms with E-state index in [1.807, 2.05) is 0 Å². The predicted molar refractivity (Wildman–Crippen MR) is 286 cm³/mol. The average Bonchev–Trinajstić information content (AvgIpc) is 2.39. The number of hydrogen-bond acceptors (Lipinski definition) is 16. The van der Waals surface area contributed by atoms with Crippen LogP contribution in [0.5, 0.6) is 46.0 Å². The summed E-state index contributed by atoms with van der Waals surface area (Å²) in [5, 5.41) is 16.1. The van der Waals surface area contributed by atoms with Crippen molar-refractivity contribution in [2.45, 2.75) is 12.4 Å². The third-order valence-corrected chi connectivity index (χ3v) is 13.2. The van der Waals surface area contributed by atoms with Crippen LogP contribution < -0.4 is 59.2 Å². The van der Waals surface area contributed by atoms with E-state index in [4.69, 9.17) is 37.9 Å². The lowest BCUT2D eigenvalue weighted by Crippen LogP contribution is -2.13. The van der Waals surface area contributed by atoms with E-state index < -0.39 is 24.0 Å². The Morgan fingerprint density at radius 2 is 0.474 bits per heavy atom. The maximum Gasteiger partial charge on any atom is 0.451 e. The Morgan fingerprint density at radius 1 is 0.282 bits per heavy atom. The molecule has 0 amide bonds. The molecule has 78 heavy (non-hydrogen) atoms. The van der Waals surface area contributed by atoms with Gasteiger partial charge in [-0.05, 0) is 45.8 Å². The number of benzene rings is 9. The molecule has 0 unspecified atom stereocenters. The fourth-order valence-corrected chi connectivity index (χ4v) is 9.77. The largest absolute Gasteiger partial charge is 0.497 e. The first kappa shape index (κ1) is 50.6. The van der Waals surface area contributed by atoms with Gasteiger partial charge in [-0.1, -0.05) is 0 Å². The first-order valence-corrected chi connectivity index (χ1v) is 23.6. The maximum atomic E-state index is 15.3. The molecule has 16 nitrogen and oxygen atoms in total. The second-order valence-electron chi connectivity index (χ2n) is 17.8. The Bertz CT molecular complexity index is 3570. The summed E-state index contributed by atoms with van der Waals surface area (Å²) in [7, 11) is 11.6. The van der Waals surface area contributed by atoms with Crippen molar-refractivity contribution < 1.29 is 64.2 Å². The predicted octanol–water partition coefficient (Wildman–Crippen LogP) is 14.1. The summed E-state index contributed by atoms with van der Waals surface area (Å²) < 4.78 is 136. The molecule has 0 aliphatic carbocycles. The van der Waals surface area contributed by atoms with Crippen molar-refractivity contribution in [1.82, 2.24) is 19.9 Å². The number of nitrogens with zero attached hydrogens (tertiary/aromatic N) is 4. The maximum absolute atomic E-state index is 15.3. The van der Waals surface area contributed by atoms with Gasteiger partial charge in [0.2, 0.25) is 11.6 Å². The van der Waals surface area contributed by atoms with Crippen molar-refractivity contribution in [3.8, 4) is 46.0 Å². The number of aromatic nitrogens is 4. The van der Waals surface area contributed by atoms with Gasteiger partial charge in [-0.2, -0.15) is 26.3 Å². The summed E-state index contributed by atoms with van der Waals surface area (Å²) in [6.07, 6.45) is -10.1. The SMILES string of the molecule is COc1cc(Nc2cc3c4cc(Nc5cc(OC)cc(OC)c5)c5nc(C(F)(F)F)nc6c(Nc7cc(OC)cc(OC)c7)cc(c7cc(Nc8cc(OC)cc(OC)c8)c8nc(C(F)(F)F)nc2c8c37)c4c56)cc(OC)c1. The highest BCUT2D eigenvalue weighted by Gasteiger charge is 2.39. The molecule has 0 spiro atoms. The third-order valence-electron chi connectivity index (χ3n) is 13.2. The number of fused-ring (bicyclic) bond motifs is 2. The number of hydrogen-bond donors (Lipinski definition) is 4. The molecule has 2 aromatic heterocycles. The summed E-state index contributed by atoms with van der Waals surface area (Å²) in [5.41, 5.74) is 1.21. The lowest BCUT2D eigenvalue weighted by atomic mass is 9.86. The minimum absolute atomic E-state index is 0.0872. The van der Waals surface area contributed by atoms with Gasteiger partial charge in [-0.3, -0.25) is 0 Å². The lowest BCUT2D eigenvalue weighted by Gasteiger charge is -2.24. The van der Waals surface area contributed by atoms with Crippen LogP contribution in [-0.2, 0) is 12.4 Å². The quantitative estimate of drug-likeness (QED) is 0.0408. The van der Waals surface area contributed by atoms with Crippen LogP contribution in [0.2, 0.25) is 0 Å². The standard InChI is InChI=1S/C56H44F6N8O8/c1-71-29-9-25(10-30(17-29)72-2)63-41-21-37-38-22-43(65-27-13-33(75-5)19-34(14-27)76-6)51-48-46(38)40(24-44(52(48)70-54(69-51)56(60,61)62)66-28-15-35(77-7)20-36(16-28)78-8)39-23-42(64-26-11-31(73-3)18-32(12-26)74-4)50-47(45(37)39)49(41)67-53(68-50)55(57,58)59/h9-24,63-66H,1-8H3. The van der Waals surface area contributed by atoms with Crippen LogP contribution in [0.4, 0.5) is 71.8 Å². The lowest BCUT2D eigenvalue weighted by molar-refractivity contribution is -0.145. The molecule has 0 fully saturated rings. The molecule has 0 aliphatic heterocycles. The number of methoxy groups -OCH3 is 8. The number of alkyl halides is 6. The first-order valence-electron chi connectivity index (χ1n) is 23.6. The van der Waals surface area contributed by atoms with Crippen LogP contribution in [0, 0.1) is 0 Å². The summed E-state index contributed by atoms with van der Waals surface area (Å²) >= 11 is 0. The number of halogens is 6. The number of rotatable bonds is 16. The van der Waals surface area contributed by atoms with E-state index in [9.17, 15) is 0 Å². The molecule has 9 aromatic carbocycles. The van der Waals surface area contributed by atoms with Crippen LogP contribution in [0.25, 0.3) is 65.2 Å². The van der Waals surface area contributed by atoms with Crippen LogP contribution in [-0.4, -0.2) is 76.8 Å². The van der Waals surface area contributed by atoms with E-state index in [1.165, 1.54) is 56.9 Å². The second-order valence-corrected chi connectivity index (χ2v) is 17.8. The van der Waals surface area contributed by atoms with Crippen LogP contribution in [0.15, 0.2) is 97.1 Å². The van der Waals surface area contributed by atoms with E-state index in [1.54, 1.807) is 97.1 Å². The fourth-order valence-electron chi connectivity index (χ4n) is 9.77. The van der Waals surface area contributed by atoms with Crippen molar-refractivity contribution in [1.29, 1.82) is 0 Å². The van der Waals surface area contributed by atoms with Gasteiger partial charge in [0.15, 0.2) is 0 Å². The van der Waals surface area contributed by atoms with Gasteiger partial charge in [0.25, 0.3) is 0 Å². The van der Waals surface area contributed by atoms with Gasteiger partial charge >= 0.3 is 12.4 Å². The van der Waals surface area contributed by atoms with Gasteiger partial charge < -0.3 is 59.2 Å². The van der Waals surface area contributed by atoms with Gasteiger partial charge in [0.1, 0.15) is 46.0 Å². The Hall–Kier alpha value is -9.60. The molecule has 0 bridgehead atoms. The van der Waals surface area contributed by atoms with Crippen molar-refractivity contribution in [3.05, 3.63) is 109 Å². The summed E-state index contributed by atoms with van der Waals surface area (Å²) in [6.45, 7) is 0. The van der Waals surface area contributed by atoms with Gasteiger partial charge in [-0.25, -0.2) is 19.9 Å². The Balaban J connectivity index is 1.35. The Morgan fingerprint density at radius 3 is 0.641 bits per heavy atom. The van der Waals surface area contributed by atoms with Gasteiger partial charge in [0, 0.05) is 117 Å². The number of ether oxygens (including phenoxy) is 8. The monoisotopic (exact) mass is 1070 g/mol.